The molecule has 1 aromatic heterocycles. The highest BCUT2D eigenvalue weighted by Gasteiger charge is 2.36. The normalized spacial score (nSPS) is 27.0. The monoisotopic (exact) mass is 306 g/mol. The number of nitrogens with zero attached hydrogens (tertiary/aromatic N) is 1. The summed E-state index contributed by atoms with van der Waals surface area (Å²) in [6.45, 7) is 1.13. The second-order valence-corrected chi connectivity index (χ2v) is 6.16. The lowest BCUT2D eigenvalue weighted by Crippen LogP contribution is -2.36. The van der Waals surface area contributed by atoms with Gasteiger partial charge in [0.15, 0.2) is 0 Å². The number of aromatic amines is 1. The zero-order valence-corrected chi connectivity index (χ0v) is 11.8. The van der Waals surface area contributed by atoms with Crippen LogP contribution in [0.5, 0.6) is 5.75 Å². The molecule has 94 valence electrons. The van der Waals surface area contributed by atoms with Crippen molar-refractivity contribution in [2.24, 2.45) is 0 Å². The molecule has 2 aliphatic rings. The standard InChI is InChI=1S/C14H15BrN2O/c1-17-5-4-11-10(17)6-8-7-16-14-9(15)2-3-12(18-11)13(8)14/h2-3,7,10-11,16H,4-6H2,1H3/t10-,11+/m1/s1. The Balaban J connectivity index is 1.92. The molecule has 3 nitrogen and oxygen atoms in total. The van der Waals surface area contributed by atoms with E-state index in [2.05, 4.69) is 51.2 Å². The van der Waals surface area contributed by atoms with Crippen molar-refractivity contribution >= 4 is 26.8 Å². The molecule has 0 aliphatic carbocycles. The van der Waals surface area contributed by atoms with Crippen LogP contribution in [0.25, 0.3) is 10.9 Å². The SMILES string of the molecule is CN1CC[C@@H]2Oc3ccc(Br)c4[nH]cc(c34)C[C@H]21. The number of fused-ring (bicyclic) bond motifs is 1. The molecule has 4 heteroatoms. The van der Waals surface area contributed by atoms with Gasteiger partial charge < -0.3 is 9.72 Å². The Morgan fingerprint density at radius 2 is 2.33 bits per heavy atom. The fourth-order valence-corrected chi connectivity index (χ4v) is 3.74. The molecule has 0 saturated carbocycles. The molecule has 2 atom stereocenters. The molecule has 0 radical (unpaired) electrons. The number of ether oxygens (including phenoxy) is 1. The van der Waals surface area contributed by atoms with Gasteiger partial charge in [0.05, 0.1) is 11.6 Å². The first-order chi connectivity index (χ1) is 8.74. The van der Waals surface area contributed by atoms with Crippen LogP contribution in [0.15, 0.2) is 22.8 Å². The number of hydrogen-bond acceptors (Lipinski definition) is 2. The van der Waals surface area contributed by atoms with E-state index in [1.807, 2.05) is 0 Å². The van der Waals surface area contributed by atoms with Gasteiger partial charge in [0.1, 0.15) is 11.9 Å². The van der Waals surface area contributed by atoms with Crippen LogP contribution in [0.1, 0.15) is 12.0 Å². The van der Waals surface area contributed by atoms with E-state index < -0.39 is 0 Å². The second kappa shape index (κ2) is 3.75. The van der Waals surface area contributed by atoms with Crippen LogP contribution >= 0.6 is 15.9 Å². The Morgan fingerprint density at radius 1 is 1.44 bits per heavy atom. The third-order valence-corrected chi connectivity index (χ3v) is 4.96. The van der Waals surface area contributed by atoms with E-state index in [1.165, 1.54) is 10.9 Å². The molecule has 1 fully saturated rings. The highest BCUT2D eigenvalue weighted by molar-refractivity contribution is 9.10. The van der Waals surface area contributed by atoms with Gasteiger partial charge in [-0.3, -0.25) is 4.90 Å². The second-order valence-electron chi connectivity index (χ2n) is 5.31. The number of likely N-dealkylation sites (N-methyl/N-ethyl adjacent to an activating group) is 1. The highest BCUT2D eigenvalue weighted by Crippen LogP contribution is 2.39. The van der Waals surface area contributed by atoms with Gasteiger partial charge in [-0.15, -0.1) is 0 Å². The average molecular weight is 307 g/mol. The summed E-state index contributed by atoms with van der Waals surface area (Å²) in [7, 11) is 2.20. The summed E-state index contributed by atoms with van der Waals surface area (Å²) in [4.78, 5) is 5.79. The van der Waals surface area contributed by atoms with E-state index in [4.69, 9.17) is 4.74 Å². The molecular weight excluding hydrogens is 292 g/mol. The molecule has 2 aromatic rings. The first-order valence-corrected chi connectivity index (χ1v) is 7.18. The van der Waals surface area contributed by atoms with E-state index >= 15 is 0 Å². The molecule has 0 unspecified atom stereocenters. The predicted molar refractivity (Wildman–Crippen MR) is 75.2 cm³/mol. The van der Waals surface area contributed by atoms with Crippen molar-refractivity contribution in [1.82, 2.24) is 9.88 Å². The summed E-state index contributed by atoms with van der Waals surface area (Å²) >= 11 is 3.60. The van der Waals surface area contributed by atoms with Crippen LogP contribution in [0.4, 0.5) is 0 Å². The number of benzene rings is 1. The van der Waals surface area contributed by atoms with Crippen LogP contribution in [-0.4, -0.2) is 35.6 Å². The summed E-state index contributed by atoms with van der Waals surface area (Å²) in [6, 6.07) is 4.66. The lowest BCUT2D eigenvalue weighted by molar-refractivity contribution is 0.155. The molecule has 0 spiro atoms. The first-order valence-electron chi connectivity index (χ1n) is 6.39. The third-order valence-electron chi connectivity index (χ3n) is 4.30. The Kier molecular flexibility index (Phi) is 2.26. The smallest absolute Gasteiger partial charge is 0.129 e. The molecular formula is C14H15BrN2O. The van der Waals surface area contributed by atoms with Crippen LogP contribution in [-0.2, 0) is 6.42 Å². The van der Waals surface area contributed by atoms with Gasteiger partial charge in [-0.25, -0.2) is 0 Å². The largest absolute Gasteiger partial charge is 0.488 e. The van der Waals surface area contributed by atoms with Gasteiger partial charge in [0, 0.05) is 22.6 Å². The summed E-state index contributed by atoms with van der Waals surface area (Å²) in [5.41, 5.74) is 2.53. The molecule has 0 amide bonds. The zero-order valence-electron chi connectivity index (χ0n) is 10.2. The van der Waals surface area contributed by atoms with Crippen molar-refractivity contribution in [2.45, 2.75) is 25.0 Å². The number of H-pyrrole nitrogens is 1. The average Bonchev–Trinajstić information content (AvgIpc) is 2.88. The van der Waals surface area contributed by atoms with Gasteiger partial charge in [-0.05, 0) is 53.5 Å². The van der Waals surface area contributed by atoms with E-state index in [1.54, 1.807) is 0 Å². The Bertz CT molecular complexity index is 622. The molecule has 1 N–H and O–H groups in total. The lowest BCUT2D eigenvalue weighted by atomic mass is 10.0. The van der Waals surface area contributed by atoms with Crippen LogP contribution < -0.4 is 4.74 Å². The Morgan fingerprint density at radius 3 is 3.22 bits per heavy atom. The number of halogens is 1. The summed E-state index contributed by atoms with van der Waals surface area (Å²) < 4.78 is 7.36. The lowest BCUT2D eigenvalue weighted by Gasteiger charge is -2.23. The Labute approximate surface area is 114 Å². The van der Waals surface area contributed by atoms with E-state index in [-0.39, 0.29) is 0 Å². The van der Waals surface area contributed by atoms with E-state index in [9.17, 15) is 0 Å². The number of nitrogens with one attached hydrogen (secondary N) is 1. The van der Waals surface area contributed by atoms with Crippen molar-refractivity contribution in [3.8, 4) is 5.75 Å². The van der Waals surface area contributed by atoms with Gasteiger partial charge in [-0.2, -0.15) is 0 Å². The Hall–Kier alpha value is -1.00. The van der Waals surface area contributed by atoms with Crippen molar-refractivity contribution in [3.05, 3.63) is 28.4 Å². The first kappa shape index (κ1) is 10.9. The minimum atomic E-state index is 0.340. The number of hydrogen-bond donors (Lipinski definition) is 1. The van der Waals surface area contributed by atoms with Crippen LogP contribution in [0.2, 0.25) is 0 Å². The maximum Gasteiger partial charge on any atom is 0.129 e. The number of likely N-dealkylation sites (tertiary alicyclic amines) is 1. The van der Waals surface area contributed by atoms with Gasteiger partial charge in [0.2, 0.25) is 0 Å². The van der Waals surface area contributed by atoms with Crippen molar-refractivity contribution < 1.29 is 4.74 Å². The predicted octanol–water partition coefficient (Wildman–Crippen LogP) is 2.94. The van der Waals surface area contributed by atoms with E-state index in [0.717, 1.165) is 35.1 Å². The van der Waals surface area contributed by atoms with Crippen molar-refractivity contribution in [3.63, 3.8) is 0 Å². The molecule has 0 bridgehead atoms. The molecule has 1 saturated heterocycles. The van der Waals surface area contributed by atoms with E-state index in [0.29, 0.717) is 12.1 Å². The molecule has 3 heterocycles. The summed E-state index contributed by atoms with van der Waals surface area (Å²) in [6.07, 6.45) is 4.68. The molecule has 1 aromatic carbocycles. The van der Waals surface area contributed by atoms with Gasteiger partial charge >= 0.3 is 0 Å². The maximum atomic E-state index is 6.25. The number of rotatable bonds is 0. The molecule has 4 rings (SSSR count). The summed E-state index contributed by atoms with van der Waals surface area (Å²) in [5.74, 6) is 1.03. The van der Waals surface area contributed by atoms with Crippen LogP contribution in [0.3, 0.4) is 0 Å². The number of aromatic nitrogens is 1. The maximum absolute atomic E-state index is 6.25. The highest BCUT2D eigenvalue weighted by atomic mass is 79.9. The fraction of sp³-hybridized carbons (Fsp3) is 0.429. The molecule has 2 aliphatic heterocycles. The van der Waals surface area contributed by atoms with Crippen LogP contribution in [0, 0.1) is 0 Å². The minimum absolute atomic E-state index is 0.340. The third kappa shape index (κ3) is 1.39. The topological polar surface area (TPSA) is 28.3 Å². The summed E-state index contributed by atoms with van der Waals surface area (Å²) in [5, 5.41) is 1.26. The van der Waals surface area contributed by atoms with Gasteiger partial charge in [0.25, 0.3) is 0 Å². The molecule has 18 heavy (non-hydrogen) atoms. The fourth-order valence-electron chi connectivity index (χ4n) is 3.29. The quantitative estimate of drug-likeness (QED) is 0.810. The zero-order chi connectivity index (χ0) is 12.3. The van der Waals surface area contributed by atoms with Crippen molar-refractivity contribution in [2.75, 3.05) is 13.6 Å². The van der Waals surface area contributed by atoms with Gasteiger partial charge in [-0.1, -0.05) is 0 Å². The van der Waals surface area contributed by atoms with Crippen molar-refractivity contribution in [1.29, 1.82) is 0 Å². The minimum Gasteiger partial charge on any atom is -0.488 e.